The van der Waals surface area contributed by atoms with Gasteiger partial charge in [-0.25, -0.2) is 8.42 Å². The number of rotatable bonds is 2. The Hall–Kier alpha value is -1.11. The van der Waals surface area contributed by atoms with E-state index in [9.17, 15) is 13.2 Å². The van der Waals surface area contributed by atoms with Crippen LogP contribution in [0.25, 0.3) is 0 Å². The van der Waals surface area contributed by atoms with Gasteiger partial charge < -0.3 is 10.2 Å². The summed E-state index contributed by atoms with van der Waals surface area (Å²) in [5, 5.41) is 3.47. The van der Waals surface area contributed by atoms with Crippen LogP contribution < -0.4 is 5.32 Å². The normalized spacial score (nSPS) is 19.9. The predicted octanol–water partition coefficient (Wildman–Crippen LogP) is 1.18. The largest absolute Gasteiger partial charge is 0.333 e. The first kappa shape index (κ1) is 15.3. The van der Waals surface area contributed by atoms with Gasteiger partial charge in [0.25, 0.3) is 5.91 Å². The van der Waals surface area contributed by atoms with Gasteiger partial charge in [0.05, 0.1) is 15.5 Å². The molecule has 1 amide bonds. The van der Waals surface area contributed by atoms with E-state index in [1.807, 2.05) is 6.92 Å². The fraction of sp³-hybridized carbons (Fsp3) is 0.462. The lowest BCUT2D eigenvalue weighted by molar-refractivity contribution is 0.0655. The van der Waals surface area contributed by atoms with Gasteiger partial charge in [0.2, 0.25) is 0 Å². The van der Waals surface area contributed by atoms with Gasteiger partial charge in [-0.3, -0.25) is 4.79 Å². The van der Waals surface area contributed by atoms with E-state index < -0.39 is 9.84 Å². The van der Waals surface area contributed by atoms with Gasteiger partial charge in [0.1, 0.15) is 0 Å². The number of carbonyl (C=O) groups excluding carboxylic acids is 1. The number of piperazine rings is 1. The second kappa shape index (κ2) is 5.71. The topological polar surface area (TPSA) is 66.5 Å². The molecule has 7 heteroatoms. The molecule has 0 spiro atoms. The Morgan fingerprint density at radius 2 is 2.15 bits per heavy atom. The monoisotopic (exact) mass is 316 g/mol. The van der Waals surface area contributed by atoms with E-state index in [0.717, 1.165) is 19.3 Å². The average molecular weight is 317 g/mol. The maximum absolute atomic E-state index is 12.5. The maximum atomic E-state index is 12.5. The smallest absolute Gasteiger partial charge is 0.255 e. The van der Waals surface area contributed by atoms with Crippen LogP contribution in [0.4, 0.5) is 0 Å². The molecule has 1 fully saturated rings. The molecule has 1 aromatic rings. The minimum Gasteiger partial charge on any atom is -0.333 e. The van der Waals surface area contributed by atoms with Crippen LogP contribution in [0.3, 0.4) is 0 Å². The number of hydrogen-bond acceptors (Lipinski definition) is 4. The van der Waals surface area contributed by atoms with Crippen LogP contribution in [0.1, 0.15) is 17.3 Å². The number of nitrogens with one attached hydrogen (secondary N) is 1. The van der Waals surface area contributed by atoms with Crippen molar-refractivity contribution in [1.82, 2.24) is 10.2 Å². The van der Waals surface area contributed by atoms with Crippen molar-refractivity contribution in [2.24, 2.45) is 0 Å². The molecule has 1 atom stereocenters. The molecule has 0 aromatic heterocycles. The van der Waals surface area contributed by atoms with Crippen molar-refractivity contribution in [2.45, 2.75) is 17.9 Å². The summed E-state index contributed by atoms with van der Waals surface area (Å²) >= 11 is 6.05. The van der Waals surface area contributed by atoms with E-state index >= 15 is 0 Å². The second-order valence-corrected chi connectivity index (χ2v) is 7.39. The van der Waals surface area contributed by atoms with Crippen molar-refractivity contribution in [1.29, 1.82) is 0 Å². The van der Waals surface area contributed by atoms with Crippen molar-refractivity contribution >= 4 is 27.3 Å². The van der Waals surface area contributed by atoms with Crippen molar-refractivity contribution in [3.63, 3.8) is 0 Å². The molecule has 2 rings (SSSR count). The van der Waals surface area contributed by atoms with Crippen molar-refractivity contribution in [3.05, 3.63) is 28.8 Å². The summed E-state index contributed by atoms with van der Waals surface area (Å²) in [7, 11) is -3.36. The molecule has 1 aromatic carbocycles. The lowest BCUT2D eigenvalue weighted by Crippen LogP contribution is -2.52. The molecule has 20 heavy (non-hydrogen) atoms. The number of nitrogens with zero attached hydrogens (tertiary/aromatic N) is 1. The third kappa shape index (κ3) is 3.13. The number of hydrogen-bond donors (Lipinski definition) is 1. The summed E-state index contributed by atoms with van der Waals surface area (Å²) in [6.07, 6.45) is 1.11. The first-order valence-electron chi connectivity index (χ1n) is 6.32. The van der Waals surface area contributed by atoms with Crippen molar-refractivity contribution in [2.75, 3.05) is 25.9 Å². The maximum Gasteiger partial charge on any atom is 0.255 e. The molecule has 1 saturated heterocycles. The Labute approximate surface area is 123 Å². The number of sulfone groups is 1. The Bertz CT molecular complexity index is 631. The third-order valence-corrected chi connectivity index (χ3v) is 4.80. The predicted molar refractivity (Wildman–Crippen MR) is 77.9 cm³/mol. The zero-order valence-electron chi connectivity index (χ0n) is 11.4. The van der Waals surface area contributed by atoms with E-state index in [4.69, 9.17) is 11.6 Å². The minimum absolute atomic E-state index is 0.0502. The Kier molecular flexibility index (Phi) is 4.36. The highest BCUT2D eigenvalue weighted by Gasteiger charge is 2.26. The van der Waals surface area contributed by atoms with Gasteiger partial charge >= 0.3 is 0 Å². The lowest BCUT2D eigenvalue weighted by Gasteiger charge is -2.34. The zero-order chi connectivity index (χ0) is 14.9. The molecule has 0 bridgehead atoms. The zero-order valence-corrected chi connectivity index (χ0v) is 13.0. The molecule has 5 nitrogen and oxygen atoms in total. The highest BCUT2D eigenvalue weighted by atomic mass is 35.5. The first-order valence-corrected chi connectivity index (χ1v) is 8.59. The fourth-order valence-electron chi connectivity index (χ4n) is 2.20. The Balaban J connectivity index is 2.38. The molecule has 0 saturated carbocycles. The summed E-state index contributed by atoms with van der Waals surface area (Å²) in [6, 6.07) is 4.27. The van der Waals surface area contributed by atoms with Gasteiger partial charge in [0, 0.05) is 31.9 Å². The van der Waals surface area contributed by atoms with E-state index in [2.05, 4.69) is 5.32 Å². The van der Waals surface area contributed by atoms with Crippen LogP contribution >= 0.6 is 11.6 Å². The Morgan fingerprint density at radius 1 is 1.45 bits per heavy atom. The fourth-order valence-corrected chi connectivity index (χ4v) is 3.04. The van der Waals surface area contributed by atoms with E-state index in [-0.39, 0.29) is 27.4 Å². The van der Waals surface area contributed by atoms with Gasteiger partial charge in [-0.05, 0) is 25.1 Å². The molecular weight excluding hydrogens is 300 g/mol. The van der Waals surface area contributed by atoms with Crippen molar-refractivity contribution in [3.8, 4) is 0 Å². The highest BCUT2D eigenvalue weighted by Crippen LogP contribution is 2.23. The SMILES string of the molecule is C[C@H]1CNCCN1C(=O)c1cc(S(C)(=O)=O)ccc1Cl. The molecule has 1 aliphatic rings. The first-order chi connectivity index (χ1) is 9.30. The summed E-state index contributed by atoms with van der Waals surface area (Å²) in [5.74, 6) is -0.227. The van der Waals surface area contributed by atoms with Crippen LogP contribution in [0.15, 0.2) is 23.1 Å². The van der Waals surface area contributed by atoms with Crippen LogP contribution in [0.2, 0.25) is 5.02 Å². The second-order valence-electron chi connectivity index (χ2n) is 4.97. The van der Waals surface area contributed by atoms with Gasteiger partial charge in [-0.15, -0.1) is 0 Å². The molecule has 110 valence electrons. The summed E-state index contributed by atoms with van der Waals surface area (Å²) in [4.78, 5) is 14.3. The van der Waals surface area contributed by atoms with Crippen LogP contribution in [0, 0.1) is 0 Å². The van der Waals surface area contributed by atoms with Gasteiger partial charge in [0.15, 0.2) is 9.84 Å². The van der Waals surface area contributed by atoms with Crippen LogP contribution in [-0.2, 0) is 9.84 Å². The number of halogens is 1. The molecule has 0 aliphatic carbocycles. The summed E-state index contributed by atoms with van der Waals surface area (Å²) in [6.45, 7) is 3.96. The molecular formula is C13H17ClN2O3S. The minimum atomic E-state index is -3.36. The van der Waals surface area contributed by atoms with Crippen LogP contribution in [0.5, 0.6) is 0 Å². The molecule has 0 radical (unpaired) electrons. The Morgan fingerprint density at radius 3 is 2.75 bits per heavy atom. The molecule has 1 heterocycles. The molecule has 0 unspecified atom stereocenters. The van der Waals surface area contributed by atoms with E-state index in [1.165, 1.54) is 18.2 Å². The molecule has 1 aliphatic heterocycles. The van der Waals surface area contributed by atoms with Crippen LogP contribution in [-0.4, -0.2) is 51.2 Å². The quantitative estimate of drug-likeness (QED) is 0.889. The number of amides is 1. The standard InChI is InChI=1S/C13H17ClN2O3S/c1-9-8-15-5-6-16(9)13(17)11-7-10(20(2,18)19)3-4-12(11)14/h3-4,7,9,15H,5-6,8H2,1-2H3/t9-/m0/s1. The average Bonchev–Trinajstić information content (AvgIpc) is 2.37. The summed E-state index contributed by atoms with van der Waals surface area (Å²) in [5.41, 5.74) is 0.239. The number of carbonyl (C=O) groups is 1. The van der Waals surface area contributed by atoms with E-state index in [0.29, 0.717) is 6.54 Å². The molecule has 1 N–H and O–H groups in total. The lowest BCUT2D eigenvalue weighted by atomic mass is 10.1. The van der Waals surface area contributed by atoms with Crippen molar-refractivity contribution < 1.29 is 13.2 Å². The van der Waals surface area contributed by atoms with Gasteiger partial charge in [-0.2, -0.15) is 0 Å². The third-order valence-electron chi connectivity index (χ3n) is 3.36. The highest BCUT2D eigenvalue weighted by molar-refractivity contribution is 7.90. The summed E-state index contributed by atoms with van der Waals surface area (Å²) < 4.78 is 23.2. The number of benzene rings is 1. The van der Waals surface area contributed by atoms with Gasteiger partial charge in [-0.1, -0.05) is 11.6 Å². The van der Waals surface area contributed by atoms with E-state index in [1.54, 1.807) is 4.90 Å².